The molecule has 0 aliphatic carbocycles. The Morgan fingerprint density at radius 3 is 2.62 bits per heavy atom. The Morgan fingerprint density at radius 2 is 2.12 bits per heavy atom. The molecule has 0 aromatic carbocycles. The first-order valence-corrected chi connectivity index (χ1v) is 4.41. The summed E-state index contributed by atoms with van der Waals surface area (Å²) in [5.74, 6) is -0.666. The number of nitrogens with zero attached hydrogens (tertiary/aromatic N) is 3. The molecular weight excluding hydrogens is 216 g/mol. The highest BCUT2D eigenvalue weighted by Crippen LogP contribution is 2.22. The molecule has 82 valence electrons. The van der Waals surface area contributed by atoms with Crippen molar-refractivity contribution in [2.75, 3.05) is 0 Å². The van der Waals surface area contributed by atoms with Crippen molar-refractivity contribution in [1.82, 2.24) is 15.2 Å². The smallest absolute Gasteiger partial charge is 0.314 e. The molecule has 2 aromatic heterocycles. The molecule has 0 spiro atoms. The van der Waals surface area contributed by atoms with E-state index in [-0.39, 0.29) is 5.89 Å². The molecule has 6 heteroatoms. The summed E-state index contributed by atoms with van der Waals surface area (Å²) in [7, 11) is 0. The predicted octanol–water partition coefficient (Wildman–Crippen LogP) is 2.71. The second-order valence-electron chi connectivity index (χ2n) is 2.92. The maximum atomic E-state index is 12.2. The first-order valence-electron chi connectivity index (χ1n) is 4.41. The molecule has 0 atom stereocenters. The summed E-state index contributed by atoms with van der Waals surface area (Å²) in [6.07, 6.45) is 0.267. The second kappa shape index (κ2) is 4.18. The molecule has 0 radical (unpaired) electrons. The van der Waals surface area contributed by atoms with Gasteiger partial charge in [-0.15, -0.1) is 10.2 Å². The van der Waals surface area contributed by atoms with Crippen LogP contribution >= 0.6 is 0 Å². The minimum absolute atomic E-state index is 0.0263. The maximum Gasteiger partial charge on any atom is 0.314 e. The van der Waals surface area contributed by atoms with Crippen LogP contribution < -0.4 is 0 Å². The van der Waals surface area contributed by atoms with E-state index in [4.69, 9.17) is 4.42 Å². The monoisotopic (exact) mass is 223 g/mol. The summed E-state index contributed by atoms with van der Waals surface area (Å²) >= 11 is 0. The van der Waals surface area contributed by atoms with Gasteiger partial charge in [-0.2, -0.15) is 8.78 Å². The first kappa shape index (κ1) is 10.4. The van der Waals surface area contributed by atoms with Crippen molar-refractivity contribution >= 4 is 6.08 Å². The van der Waals surface area contributed by atoms with E-state index < -0.39 is 12.3 Å². The number of hydrogen-bond donors (Lipinski definition) is 0. The third-order valence-electron chi connectivity index (χ3n) is 1.87. The third kappa shape index (κ3) is 1.95. The molecule has 4 nitrogen and oxygen atoms in total. The molecule has 2 heterocycles. The van der Waals surface area contributed by atoms with Crippen LogP contribution in [0.5, 0.6) is 0 Å². The van der Waals surface area contributed by atoms with Crippen LogP contribution in [0.4, 0.5) is 8.78 Å². The average molecular weight is 223 g/mol. The summed E-state index contributed by atoms with van der Waals surface area (Å²) in [5, 5.41) is 6.72. The lowest BCUT2D eigenvalue weighted by Crippen LogP contribution is -1.82. The summed E-state index contributed by atoms with van der Waals surface area (Å²) in [5.41, 5.74) is 1.17. The van der Waals surface area contributed by atoms with Gasteiger partial charge in [0, 0.05) is 6.20 Å². The van der Waals surface area contributed by atoms with Crippen molar-refractivity contribution in [3.63, 3.8) is 0 Å². The Bertz CT molecular complexity index is 493. The molecular formula is C10H7F2N3O. The molecule has 2 aromatic rings. The Kier molecular flexibility index (Phi) is 2.72. The number of aromatic nitrogens is 3. The highest BCUT2D eigenvalue weighted by molar-refractivity contribution is 5.53. The molecule has 0 saturated heterocycles. The molecule has 0 aliphatic heterocycles. The van der Waals surface area contributed by atoms with Crippen LogP contribution in [0.2, 0.25) is 0 Å². The van der Waals surface area contributed by atoms with Gasteiger partial charge in [0.2, 0.25) is 5.89 Å². The average Bonchev–Trinajstić information content (AvgIpc) is 2.78. The van der Waals surface area contributed by atoms with Crippen molar-refractivity contribution < 1.29 is 13.2 Å². The molecule has 2 rings (SSSR count). The molecule has 16 heavy (non-hydrogen) atoms. The highest BCUT2D eigenvalue weighted by atomic mass is 19.3. The zero-order valence-corrected chi connectivity index (χ0v) is 8.10. The fourth-order valence-electron chi connectivity index (χ4n) is 1.09. The van der Waals surface area contributed by atoms with Gasteiger partial charge in [0.15, 0.2) is 0 Å². The van der Waals surface area contributed by atoms with E-state index in [0.717, 1.165) is 0 Å². The van der Waals surface area contributed by atoms with Crippen LogP contribution in [0, 0.1) is 0 Å². The normalized spacial score (nSPS) is 10.7. The van der Waals surface area contributed by atoms with Gasteiger partial charge < -0.3 is 4.42 Å². The summed E-state index contributed by atoms with van der Waals surface area (Å²) in [4.78, 5) is 3.99. The number of rotatable bonds is 3. The molecule has 0 saturated carbocycles. The van der Waals surface area contributed by atoms with Gasteiger partial charge in [0.25, 0.3) is 5.89 Å². The minimum Gasteiger partial charge on any atom is -0.415 e. The van der Waals surface area contributed by atoms with Crippen LogP contribution in [-0.4, -0.2) is 15.2 Å². The summed E-state index contributed by atoms with van der Waals surface area (Å²) in [6, 6.07) is 3.32. The molecule has 0 unspecified atom stereocenters. The van der Waals surface area contributed by atoms with Crippen molar-refractivity contribution in [2.24, 2.45) is 0 Å². The van der Waals surface area contributed by atoms with E-state index in [1.807, 2.05) is 0 Å². The second-order valence-corrected chi connectivity index (χ2v) is 2.92. The first-order chi connectivity index (χ1) is 7.70. The fourth-order valence-corrected chi connectivity index (χ4v) is 1.09. The molecule has 0 amide bonds. The van der Waals surface area contributed by atoms with Gasteiger partial charge in [-0.3, -0.25) is 4.98 Å². The van der Waals surface area contributed by atoms with Gasteiger partial charge in [0.05, 0.1) is 11.3 Å². The van der Waals surface area contributed by atoms with Crippen LogP contribution in [0.1, 0.15) is 18.0 Å². The van der Waals surface area contributed by atoms with E-state index in [1.165, 1.54) is 6.20 Å². The standard InChI is InChI=1S/C10H7F2N3O/c1-2-7-4-3-6(5-13-7)9-14-15-10(16-9)8(11)12/h2-5,8H,1H2. The number of alkyl halides is 2. The van der Waals surface area contributed by atoms with Crippen molar-refractivity contribution in [2.45, 2.75) is 6.43 Å². The van der Waals surface area contributed by atoms with Crippen molar-refractivity contribution in [3.8, 4) is 11.5 Å². The summed E-state index contributed by atoms with van der Waals surface area (Å²) < 4.78 is 29.1. The molecule has 0 bridgehead atoms. The van der Waals surface area contributed by atoms with Crippen LogP contribution in [0.15, 0.2) is 29.3 Å². The molecule has 0 N–H and O–H groups in total. The van der Waals surface area contributed by atoms with E-state index in [2.05, 4.69) is 21.8 Å². The minimum atomic E-state index is -2.76. The van der Waals surface area contributed by atoms with Gasteiger partial charge in [-0.25, -0.2) is 0 Å². The predicted molar refractivity (Wildman–Crippen MR) is 52.6 cm³/mol. The van der Waals surface area contributed by atoms with E-state index in [1.54, 1.807) is 18.2 Å². The largest absolute Gasteiger partial charge is 0.415 e. The van der Waals surface area contributed by atoms with E-state index in [9.17, 15) is 8.78 Å². The van der Waals surface area contributed by atoms with Crippen LogP contribution in [0.25, 0.3) is 17.5 Å². The summed E-state index contributed by atoms with van der Waals surface area (Å²) in [6.45, 7) is 3.55. The SMILES string of the molecule is C=Cc1ccc(-c2nnc(C(F)F)o2)cn1. The number of pyridine rings is 1. The van der Waals surface area contributed by atoms with Crippen molar-refractivity contribution in [1.29, 1.82) is 0 Å². The molecule has 0 aliphatic rings. The fraction of sp³-hybridized carbons (Fsp3) is 0.100. The lowest BCUT2D eigenvalue weighted by Gasteiger charge is -1.95. The van der Waals surface area contributed by atoms with E-state index >= 15 is 0 Å². The quantitative estimate of drug-likeness (QED) is 0.802. The van der Waals surface area contributed by atoms with Crippen LogP contribution in [-0.2, 0) is 0 Å². The van der Waals surface area contributed by atoms with Gasteiger partial charge in [-0.05, 0) is 18.2 Å². The van der Waals surface area contributed by atoms with Crippen LogP contribution in [0.3, 0.4) is 0 Å². The maximum absolute atomic E-state index is 12.2. The lowest BCUT2D eigenvalue weighted by molar-refractivity contribution is 0.116. The topological polar surface area (TPSA) is 51.8 Å². The Labute approximate surface area is 89.6 Å². The number of halogens is 2. The van der Waals surface area contributed by atoms with E-state index in [0.29, 0.717) is 11.3 Å². The Hall–Kier alpha value is -2.11. The third-order valence-corrected chi connectivity index (χ3v) is 1.87. The molecule has 0 fully saturated rings. The zero-order valence-electron chi connectivity index (χ0n) is 8.10. The Morgan fingerprint density at radius 1 is 1.31 bits per heavy atom. The Balaban J connectivity index is 2.31. The number of hydrogen-bond acceptors (Lipinski definition) is 4. The van der Waals surface area contributed by atoms with Crippen molar-refractivity contribution in [3.05, 3.63) is 36.5 Å². The van der Waals surface area contributed by atoms with Gasteiger partial charge >= 0.3 is 6.43 Å². The zero-order chi connectivity index (χ0) is 11.5. The van der Waals surface area contributed by atoms with Gasteiger partial charge in [-0.1, -0.05) is 6.58 Å². The van der Waals surface area contributed by atoms with Gasteiger partial charge in [0.1, 0.15) is 0 Å². The highest BCUT2D eigenvalue weighted by Gasteiger charge is 2.16. The lowest BCUT2D eigenvalue weighted by atomic mass is 10.2.